The van der Waals surface area contributed by atoms with E-state index in [4.69, 9.17) is 0 Å². The second kappa shape index (κ2) is 10.7. The van der Waals surface area contributed by atoms with Crippen LogP contribution < -0.4 is 0 Å². The van der Waals surface area contributed by atoms with Crippen LogP contribution in [0.3, 0.4) is 0 Å². The molecule has 0 atom stereocenters. The summed E-state index contributed by atoms with van der Waals surface area (Å²) < 4.78 is 28.5. The van der Waals surface area contributed by atoms with Gasteiger partial charge in [0.25, 0.3) is 5.91 Å². The lowest BCUT2D eigenvalue weighted by Gasteiger charge is -2.34. The quantitative estimate of drug-likeness (QED) is 0.374. The van der Waals surface area contributed by atoms with E-state index in [0.29, 0.717) is 35.7 Å². The Morgan fingerprint density at radius 2 is 1.47 bits per heavy atom. The number of benzene rings is 3. The molecule has 182 valence electrons. The minimum atomic E-state index is -0.366. The highest BCUT2D eigenvalue weighted by Gasteiger charge is 2.26. The van der Waals surface area contributed by atoms with Crippen LogP contribution >= 0.6 is 0 Å². The number of aromatic nitrogens is 2. The van der Waals surface area contributed by atoms with Crippen LogP contribution in [-0.2, 0) is 0 Å². The third-order valence-corrected chi connectivity index (χ3v) is 6.27. The summed E-state index contributed by atoms with van der Waals surface area (Å²) in [5.41, 5.74) is 3.38. The van der Waals surface area contributed by atoms with Crippen molar-refractivity contribution in [3.63, 3.8) is 0 Å². The van der Waals surface area contributed by atoms with E-state index in [1.165, 1.54) is 28.9 Å². The molecule has 1 amide bonds. The second-order valence-corrected chi connectivity index (χ2v) is 8.72. The lowest BCUT2D eigenvalue weighted by Crippen LogP contribution is -2.49. The first-order valence-electron chi connectivity index (χ1n) is 11.9. The molecule has 1 saturated heterocycles. The van der Waals surface area contributed by atoms with Crippen LogP contribution in [0.15, 0.2) is 91.0 Å². The molecule has 0 aliphatic carbocycles. The Kier molecular flexibility index (Phi) is 7.00. The number of hydrogen-bond acceptors (Lipinski definition) is 3. The highest BCUT2D eigenvalue weighted by Crippen LogP contribution is 2.24. The van der Waals surface area contributed by atoms with Gasteiger partial charge in [0.15, 0.2) is 0 Å². The smallest absolute Gasteiger partial charge is 0.272 e. The van der Waals surface area contributed by atoms with E-state index in [2.05, 4.69) is 34.3 Å². The molecule has 0 saturated carbocycles. The number of piperazine rings is 1. The van der Waals surface area contributed by atoms with Gasteiger partial charge in [-0.1, -0.05) is 42.5 Å². The molecule has 0 bridgehead atoms. The predicted molar refractivity (Wildman–Crippen MR) is 137 cm³/mol. The van der Waals surface area contributed by atoms with Gasteiger partial charge in [-0.3, -0.25) is 9.69 Å². The van der Waals surface area contributed by atoms with Crippen molar-refractivity contribution in [1.29, 1.82) is 0 Å². The lowest BCUT2D eigenvalue weighted by molar-refractivity contribution is 0.0641. The third-order valence-electron chi connectivity index (χ3n) is 6.27. The predicted octanol–water partition coefficient (Wildman–Crippen LogP) is 5.29. The normalized spacial score (nSPS) is 14.4. The standard InChI is InChI=1S/C29H26F2N4O/c30-24-10-8-23(9-11-24)27-21-28(35(32-27)26-14-12-25(31)13-15-26)29(36)34-19-17-33(18-20-34)16-4-7-22-5-2-1-3-6-22/h1-15,21H,16-20H2. The van der Waals surface area contributed by atoms with E-state index in [1.807, 2.05) is 23.1 Å². The average molecular weight is 485 g/mol. The van der Waals surface area contributed by atoms with Crippen molar-refractivity contribution < 1.29 is 13.6 Å². The molecule has 5 nitrogen and oxygen atoms in total. The van der Waals surface area contributed by atoms with Crippen molar-refractivity contribution in [2.24, 2.45) is 0 Å². The Hall–Kier alpha value is -4.10. The van der Waals surface area contributed by atoms with Crippen molar-refractivity contribution in [1.82, 2.24) is 19.6 Å². The molecule has 1 aromatic heterocycles. The lowest BCUT2D eigenvalue weighted by atomic mass is 10.1. The molecule has 0 N–H and O–H groups in total. The largest absolute Gasteiger partial charge is 0.335 e. The van der Waals surface area contributed by atoms with Gasteiger partial charge in [0, 0.05) is 38.3 Å². The van der Waals surface area contributed by atoms with Crippen LogP contribution in [0.4, 0.5) is 8.78 Å². The van der Waals surface area contributed by atoms with Crippen LogP contribution in [-0.4, -0.2) is 58.2 Å². The minimum absolute atomic E-state index is 0.139. The fraction of sp³-hybridized carbons (Fsp3) is 0.172. The molecular weight excluding hydrogens is 458 g/mol. The SMILES string of the molecule is O=C(c1cc(-c2ccc(F)cc2)nn1-c1ccc(F)cc1)N1CCN(CC=Cc2ccccc2)CC1. The number of halogens is 2. The van der Waals surface area contributed by atoms with E-state index < -0.39 is 0 Å². The molecule has 36 heavy (non-hydrogen) atoms. The number of nitrogens with zero attached hydrogens (tertiary/aromatic N) is 4. The highest BCUT2D eigenvalue weighted by molar-refractivity contribution is 5.94. The van der Waals surface area contributed by atoms with Crippen LogP contribution in [0.2, 0.25) is 0 Å². The molecule has 1 fully saturated rings. The van der Waals surface area contributed by atoms with Gasteiger partial charge in [0.1, 0.15) is 17.3 Å². The summed E-state index contributed by atoms with van der Waals surface area (Å²) in [4.78, 5) is 17.7. The van der Waals surface area contributed by atoms with E-state index in [1.54, 1.807) is 30.3 Å². The van der Waals surface area contributed by atoms with E-state index in [-0.39, 0.29) is 17.5 Å². The molecule has 0 spiro atoms. The fourth-order valence-corrected chi connectivity index (χ4v) is 4.27. The van der Waals surface area contributed by atoms with Gasteiger partial charge in [-0.2, -0.15) is 5.10 Å². The second-order valence-electron chi connectivity index (χ2n) is 8.72. The zero-order chi connectivity index (χ0) is 24.9. The first-order valence-corrected chi connectivity index (χ1v) is 11.9. The molecule has 1 aliphatic rings. The molecule has 4 aromatic rings. The summed E-state index contributed by atoms with van der Waals surface area (Å²) in [6, 6.07) is 23.7. The fourth-order valence-electron chi connectivity index (χ4n) is 4.27. The van der Waals surface area contributed by atoms with Gasteiger partial charge in [-0.15, -0.1) is 0 Å². The Morgan fingerprint density at radius 3 is 2.14 bits per heavy atom. The highest BCUT2D eigenvalue weighted by atomic mass is 19.1. The van der Waals surface area contributed by atoms with Crippen molar-refractivity contribution in [2.75, 3.05) is 32.7 Å². The van der Waals surface area contributed by atoms with Crippen molar-refractivity contribution in [3.8, 4) is 16.9 Å². The third kappa shape index (κ3) is 5.42. The van der Waals surface area contributed by atoms with Crippen LogP contribution in [0.5, 0.6) is 0 Å². The zero-order valence-electron chi connectivity index (χ0n) is 19.7. The molecule has 3 aromatic carbocycles. The monoisotopic (exact) mass is 484 g/mol. The number of rotatable bonds is 6. The van der Waals surface area contributed by atoms with Crippen LogP contribution in [0.25, 0.3) is 23.0 Å². The van der Waals surface area contributed by atoms with Gasteiger partial charge < -0.3 is 4.90 Å². The summed E-state index contributed by atoms with van der Waals surface area (Å²) in [7, 11) is 0. The Bertz CT molecular complexity index is 1340. The van der Waals surface area contributed by atoms with Crippen molar-refractivity contribution in [3.05, 3.63) is 114 Å². The summed E-state index contributed by atoms with van der Waals surface area (Å²) in [6.45, 7) is 3.54. The summed E-state index contributed by atoms with van der Waals surface area (Å²) in [5.74, 6) is -0.848. The molecule has 5 rings (SSSR count). The minimum Gasteiger partial charge on any atom is -0.335 e. The topological polar surface area (TPSA) is 41.4 Å². The van der Waals surface area contributed by atoms with Crippen LogP contribution in [0.1, 0.15) is 16.1 Å². The molecule has 0 unspecified atom stereocenters. The van der Waals surface area contributed by atoms with Crippen molar-refractivity contribution >= 4 is 12.0 Å². The van der Waals surface area contributed by atoms with E-state index >= 15 is 0 Å². The van der Waals surface area contributed by atoms with Gasteiger partial charge in [-0.25, -0.2) is 13.5 Å². The molecule has 1 aliphatic heterocycles. The summed E-state index contributed by atoms with van der Waals surface area (Å²) in [6.07, 6.45) is 4.25. The zero-order valence-corrected chi connectivity index (χ0v) is 19.7. The van der Waals surface area contributed by atoms with Gasteiger partial charge in [-0.05, 0) is 60.2 Å². The first kappa shape index (κ1) is 23.6. The Morgan fingerprint density at radius 1 is 0.833 bits per heavy atom. The average Bonchev–Trinajstić information content (AvgIpc) is 3.36. The molecule has 2 heterocycles. The molecule has 0 radical (unpaired) electrons. The Labute approximate surface area is 208 Å². The summed E-state index contributed by atoms with van der Waals surface area (Å²) >= 11 is 0. The maximum Gasteiger partial charge on any atom is 0.272 e. The van der Waals surface area contributed by atoms with Gasteiger partial charge >= 0.3 is 0 Å². The molecule has 7 heteroatoms. The first-order chi connectivity index (χ1) is 17.6. The number of carbonyl (C=O) groups excluding carboxylic acids is 1. The number of carbonyl (C=O) groups is 1. The van der Waals surface area contributed by atoms with Gasteiger partial charge in [0.05, 0.1) is 11.4 Å². The van der Waals surface area contributed by atoms with E-state index in [0.717, 1.165) is 25.2 Å². The Balaban J connectivity index is 1.32. The number of amides is 1. The van der Waals surface area contributed by atoms with Gasteiger partial charge in [0.2, 0.25) is 0 Å². The number of hydrogen-bond donors (Lipinski definition) is 0. The van der Waals surface area contributed by atoms with Crippen molar-refractivity contribution in [2.45, 2.75) is 0 Å². The maximum atomic E-state index is 13.6. The maximum absolute atomic E-state index is 13.6. The van der Waals surface area contributed by atoms with E-state index in [9.17, 15) is 13.6 Å². The molecular formula is C29H26F2N4O. The van der Waals surface area contributed by atoms with Crippen LogP contribution in [0, 0.1) is 11.6 Å². The summed E-state index contributed by atoms with van der Waals surface area (Å²) in [5, 5.41) is 4.61.